The van der Waals surface area contributed by atoms with E-state index >= 15 is 0 Å². The number of aromatic hydroxyl groups is 1. The van der Waals surface area contributed by atoms with Crippen molar-refractivity contribution in [2.24, 2.45) is 10.2 Å². The van der Waals surface area contributed by atoms with Gasteiger partial charge in [-0.3, -0.25) is 9.11 Å². The molecule has 1 heterocycles. The van der Waals surface area contributed by atoms with Crippen LogP contribution in [0.5, 0.6) is 5.75 Å². The standard InChI is InChI=1S/C16H13N3O7S2/c1-9-6-10(27(21,22)23)8-17-16(9)19-18-13-7-14(28(24,25)26)11-4-2-3-5-12(11)15(13)20/h2-8,20H,1H3,(H,21,22,23)(H,24,25,26). The Balaban J connectivity index is 2.14. The Morgan fingerprint density at radius 2 is 1.57 bits per heavy atom. The molecule has 0 bridgehead atoms. The topological polar surface area (TPSA) is 167 Å². The zero-order chi connectivity index (χ0) is 20.7. The van der Waals surface area contributed by atoms with Crippen LogP contribution in [0.4, 0.5) is 11.5 Å². The first kappa shape index (κ1) is 19.8. The maximum absolute atomic E-state index is 11.7. The average Bonchev–Trinajstić information content (AvgIpc) is 2.60. The summed E-state index contributed by atoms with van der Waals surface area (Å²) in [6, 6.07) is 8.05. The molecule has 10 nitrogen and oxygen atoms in total. The SMILES string of the molecule is Cc1cc(S(=O)(=O)O)cnc1N=Nc1cc(S(=O)(=O)O)c2ccccc2c1O. The Bertz CT molecular complexity index is 1330. The van der Waals surface area contributed by atoms with Crippen LogP contribution in [0.1, 0.15) is 5.56 Å². The molecule has 3 aromatic rings. The summed E-state index contributed by atoms with van der Waals surface area (Å²) in [6.07, 6.45) is 0.876. The summed E-state index contributed by atoms with van der Waals surface area (Å²) in [5.41, 5.74) is 0.0144. The molecule has 0 saturated carbocycles. The molecular weight excluding hydrogens is 410 g/mol. The van der Waals surface area contributed by atoms with E-state index in [0.717, 1.165) is 18.3 Å². The van der Waals surface area contributed by atoms with Crippen LogP contribution in [0.15, 0.2) is 62.6 Å². The van der Waals surface area contributed by atoms with Crippen LogP contribution in [-0.2, 0) is 20.2 Å². The zero-order valence-electron chi connectivity index (χ0n) is 14.2. The number of aromatic nitrogens is 1. The van der Waals surface area contributed by atoms with Gasteiger partial charge in [-0.2, -0.15) is 16.8 Å². The van der Waals surface area contributed by atoms with Gasteiger partial charge in [0.15, 0.2) is 11.6 Å². The van der Waals surface area contributed by atoms with Gasteiger partial charge in [-0.25, -0.2) is 4.98 Å². The first-order chi connectivity index (χ1) is 13.0. The second-order valence-electron chi connectivity index (χ2n) is 5.75. The summed E-state index contributed by atoms with van der Waals surface area (Å²) in [7, 11) is -9.04. The molecule has 12 heteroatoms. The van der Waals surface area contributed by atoms with Crippen LogP contribution in [0.3, 0.4) is 0 Å². The fourth-order valence-corrected chi connectivity index (χ4v) is 3.72. The number of benzene rings is 2. The number of nitrogens with zero attached hydrogens (tertiary/aromatic N) is 3. The number of hydrogen-bond donors (Lipinski definition) is 3. The fraction of sp³-hybridized carbons (Fsp3) is 0.0625. The highest BCUT2D eigenvalue weighted by atomic mass is 32.2. The molecule has 0 aliphatic rings. The molecule has 28 heavy (non-hydrogen) atoms. The lowest BCUT2D eigenvalue weighted by Crippen LogP contribution is -1.99. The molecule has 0 radical (unpaired) electrons. The number of fused-ring (bicyclic) bond motifs is 1. The summed E-state index contributed by atoms with van der Waals surface area (Å²) < 4.78 is 64.1. The second-order valence-corrected chi connectivity index (χ2v) is 8.56. The molecule has 0 spiro atoms. The lowest BCUT2D eigenvalue weighted by Gasteiger charge is -2.08. The van der Waals surface area contributed by atoms with E-state index in [0.29, 0.717) is 0 Å². The molecule has 0 aliphatic heterocycles. The minimum absolute atomic E-state index is 0.0200. The monoisotopic (exact) mass is 423 g/mol. The lowest BCUT2D eigenvalue weighted by molar-refractivity contribution is 0.478. The van der Waals surface area contributed by atoms with Crippen molar-refractivity contribution in [1.29, 1.82) is 0 Å². The molecule has 0 fully saturated rings. The largest absolute Gasteiger partial charge is 0.505 e. The summed E-state index contributed by atoms with van der Waals surface area (Å²) in [6.45, 7) is 1.47. The van der Waals surface area contributed by atoms with E-state index in [9.17, 15) is 26.5 Å². The molecule has 1 aromatic heterocycles. The Hall–Kier alpha value is -2.93. The summed E-state index contributed by atoms with van der Waals surface area (Å²) in [4.78, 5) is 2.89. The molecule has 0 unspecified atom stereocenters. The van der Waals surface area contributed by atoms with Crippen molar-refractivity contribution in [3.8, 4) is 5.75 Å². The maximum atomic E-state index is 11.7. The van der Waals surface area contributed by atoms with Crippen LogP contribution in [0.2, 0.25) is 0 Å². The third kappa shape index (κ3) is 3.84. The molecular formula is C16H13N3O7S2. The van der Waals surface area contributed by atoms with Gasteiger partial charge in [0.1, 0.15) is 15.5 Å². The maximum Gasteiger partial charge on any atom is 0.296 e. The van der Waals surface area contributed by atoms with Crippen LogP contribution in [0, 0.1) is 6.92 Å². The van der Waals surface area contributed by atoms with Crippen LogP contribution >= 0.6 is 0 Å². The normalized spacial score (nSPS) is 12.7. The van der Waals surface area contributed by atoms with Crippen molar-refractivity contribution >= 4 is 42.5 Å². The van der Waals surface area contributed by atoms with E-state index in [2.05, 4.69) is 15.2 Å². The summed E-state index contributed by atoms with van der Waals surface area (Å²) in [5, 5.41) is 18.2. The van der Waals surface area contributed by atoms with Gasteiger partial charge in [0.05, 0.1) is 6.20 Å². The first-order valence-electron chi connectivity index (χ1n) is 7.56. The molecule has 0 amide bonds. The van der Waals surface area contributed by atoms with Crippen LogP contribution in [0.25, 0.3) is 10.8 Å². The number of rotatable bonds is 4. The predicted octanol–water partition coefficient (Wildman–Crippen LogP) is 3.16. The van der Waals surface area contributed by atoms with Crippen molar-refractivity contribution in [2.45, 2.75) is 16.7 Å². The van der Waals surface area contributed by atoms with Gasteiger partial charge in [-0.15, -0.1) is 10.2 Å². The highest BCUT2D eigenvalue weighted by Gasteiger charge is 2.19. The van der Waals surface area contributed by atoms with Crippen molar-refractivity contribution in [3.05, 3.63) is 48.2 Å². The first-order valence-corrected chi connectivity index (χ1v) is 10.4. The smallest absolute Gasteiger partial charge is 0.296 e. The molecule has 146 valence electrons. The molecule has 0 aliphatic carbocycles. The van der Waals surface area contributed by atoms with E-state index in [1.807, 2.05) is 0 Å². The number of phenols is 1. The van der Waals surface area contributed by atoms with Gasteiger partial charge in [0.25, 0.3) is 20.2 Å². The predicted molar refractivity (Wildman–Crippen MR) is 98.4 cm³/mol. The van der Waals surface area contributed by atoms with E-state index in [-0.39, 0.29) is 33.6 Å². The van der Waals surface area contributed by atoms with E-state index < -0.39 is 30.0 Å². The van der Waals surface area contributed by atoms with Crippen molar-refractivity contribution < 1.29 is 31.0 Å². The van der Waals surface area contributed by atoms with Crippen molar-refractivity contribution in [2.75, 3.05) is 0 Å². The molecule has 3 N–H and O–H groups in total. The van der Waals surface area contributed by atoms with Gasteiger partial charge in [-0.05, 0) is 24.6 Å². The van der Waals surface area contributed by atoms with E-state index in [4.69, 9.17) is 4.55 Å². The van der Waals surface area contributed by atoms with Gasteiger partial charge < -0.3 is 5.11 Å². The van der Waals surface area contributed by atoms with Gasteiger partial charge in [0, 0.05) is 10.8 Å². The van der Waals surface area contributed by atoms with Gasteiger partial charge in [-0.1, -0.05) is 24.3 Å². The number of azo groups is 1. The fourth-order valence-electron chi connectivity index (χ4n) is 2.49. The molecule has 2 aromatic carbocycles. The minimum Gasteiger partial charge on any atom is -0.505 e. The molecule has 0 atom stereocenters. The minimum atomic E-state index is -4.60. The Morgan fingerprint density at radius 1 is 0.929 bits per heavy atom. The second kappa shape index (κ2) is 6.91. The summed E-state index contributed by atoms with van der Waals surface area (Å²) in [5.74, 6) is -0.382. The van der Waals surface area contributed by atoms with Crippen molar-refractivity contribution in [1.82, 2.24) is 4.98 Å². The quantitative estimate of drug-likeness (QED) is 0.425. The zero-order valence-corrected chi connectivity index (χ0v) is 15.8. The average molecular weight is 423 g/mol. The number of aryl methyl sites for hydroxylation is 1. The highest BCUT2D eigenvalue weighted by Crippen LogP contribution is 2.39. The molecule has 3 rings (SSSR count). The van der Waals surface area contributed by atoms with Gasteiger partial charge >= 0.3 is 0 Å². The Morgan fingerprint density at radius 3 is 2.14 bits per heavy atom. The van der Waals surface area contributed by atoms with Crippen molar-refractivity contribution in [3.63, 3.8) is 0 Å². The van der Waals surface area contributed by atoms with Crippen LogP contribution in [-0.4, -0.2) is 36.0 Å². The van der Waals surface area contributed by atoms with Crippen LogP contribution < -0.4 is 0 Å². The highest BCUT2D eigenvalue weighted by molar-refractivity contribution is 7.86. The third-order valence-electron chi connectivity index (χ3n) is 3.81. The lowest BCUT2D eigenvalue weighted by atomic mass is 10.1. The Labute approximate surface area is 159 Å². The number of phenolic OH excluding ortho intramolecular Hbond substituents is 1. The van der Waals surface area contributed by atoms with E-state index in [1.165, 1.54) is 19.1 Å². The number of hydrogen-bond acceptors (Lipinski definition) is 8. The van der Waals surface area contributed by atoms with Gasteiger partial charge in [0.2, 0.25) is 0 Å². The third-order valence-corrected chi connectivity index (χ3v) is 5.52. The number of pyridine rings is 1. The summed E-state index contributed by atoms with van der Waals surface area (Å²) >= 11 is 0. The Kier molecular flexibility index (Phi) is 4.89. The molecule has 0 saturated heterocycles. The van der Waals surface area contributed by atoms with E-state index in [1.54, 1.807) is 12.1 Å².